The maximum absolute atomic E-state index is 12.3. The molecule has 0 atom stereocenters. The van der Waals surface area contributed by atoms with Gasteiger partial charge in [0.25, 0.3) is 5.91 Å². The first-order valence-electron chi connectivity index (χ1n) is 8.85. The molecule has 0 N–H and O–H groups in total. The van der Waals surface area contributed by atoms with Crippen LogP contribution in [-0.2, 0) is 17.8 Å². The molecule has 1 aliphatic rings. The number of aromatic nitrogens is 1. The molecule has 0 radical (unpaired) electrons. The van der Waals surface area contributed by atoms with E-state index in [9.17, 15) is 4.79 Å². The molecule has 1 amide bonds. The second kappa shape index (κ2) is 8.62. The number of hydrogen-bond donors (Lipinski definition) is 0. The zero-order valence-corrected chi connectivity index (χ0v) is 14.7. The predicted octanol–water partition coefficient (Wildman–Crippen LogP) is 2.37. The van der Waals surface area contributed by atoms with Crippen molar-refractivity contribution < 1.29 is 9.53 Å². The van der Waals surface area contributed by atoms with Crippen LogP contribution in [0.2, 0.25) is 0 Å². The fourth-order valence-corrected chi connectivity index (χ4v) is 2.96. The van der Waals surface area contributed by atoms with Crippen LogP contribution in [0.1, 0.15) is 18.1 Å². The maximum atomic E-state index is 12.3. The number of ether oxygens (including phenoxy) is 1. The van der Waals surface area contributed by atoms with Gasteiger partial charge in [0.2, 0.25) is 0 Å². The number of hydrogen-bond acceptors (Lipinski definition) is 4. The average molecular weight is 339 g/mol. The molecule has 1 fully saturated rings. The van der Waals surface area contributed by atoms with Gasteiger partial charge in [-0.1, -0.05) is 25.1 Å². The first-order chi connectivity index (χ1) is 12.2. The highest BCUT2D eigenvalue weighted by atomic mass is 16.5. The van der Waals surface area contributed by atoms with E-state index in [0.29, 0.717) is 0 Å². The highest BCUT2D eigenvalue weighted by Gasteiger charge is 2.21. The summed E-state index contributed by atoms with van der Waals surface area (Å²) in [5.74, 6) is 0.807. The topological polar surface area (TPSA) is 45.7 Å². The number of benzene rings is 1. The Morgan fingerprint density at radius 2 is 1.84 bits per heavy atom. The molecule has 25 heavy (non-hydrogen) atoms. The Morgan fingerprint density at radius 1 is 1.08 bits per heavy atom. The van der Waals surface area contributed by atoms with Crippen LogP contribution < -0.4 is 4.74 Å². The third-order valence-corrected chi connectivity index (χ3v) is 4.55. The van der Waals surface area contributed by atoms with E-state index >= 15 is 0 Å². The maximum Gasteiger partial charge on any atom is 0.260 e. The smallest absolute Gasteiger partial charge is 0.260 e. The quantitative estimate of drug-likeness (QED) is 0.811. The van der Waals surface area contributed by atoms with Crippen molar-refractivity contribution in [3.05, 3.63) is 59.9 Å². The third kappa shape index (κ3) is 5.03. The van der Waals surface area contributed by atoms with Gasteiger partial charge < -0.3 is 9.64 Å². The Bertz CT molecular complexity index is 665. The summed E-state index contributed by atoms with van der Waals surface area (Å²) >= 11 is 0. The fraction of sp³-hybridized carbons (Fsp3) is 0.400. The molecule has 0 unspecified atom stereocenters. The minimum absolute atomic E-state index is 0.0561. The van der Waals surface area contributed by atoms with Crippen LogP contribution in [0.4, 0.5) is 0 Å². The molecule has 1 aromatic heterocycles. The van der Waals surface area contributed by atoms with Gasteiger partial charge in [0, 0.05) is 45.1 Å². The Kier molecular flexibility index (Phi) is 6.01. The molecule has 0 aliphatic carbocycles. The van der Waals surface area contributed by atoms with Gasteiger partial charge in [-0.2, -0.15) is 0 Å². The summed E-state index contributed by atoms with van der Waals surface area (Å²) in [6.45, 7) is 6.36. The van der Waals surface area contributed by atoms with Crippen molar-refractivity contribution in [3.63, 3.8) is 0 Å². The predicted molar refractivity (Wildman–Crippen MR) is 97.4 cm³/mol. The number of nitrogens with zero attached hydrogens (tertiary/aromatic N) is 3. The number of rotatable bonds is 6. The number of piperazine rings is 1. The fourth-order valence-electron chi connectivity index (χ4n) is 2.96. The van der Waals surface area contributed by atoms with Gasteiger partial charge in [0.15, 0.2) is 6.61 Å². The Hall–Kier alpha value is -2.40. The van der Waals surface area contributed by atoms with Crippen LogP contribution in [-0.4, -0.2) is 53.5 Å². The minimum atomic E-state index is 0.0561. The van der Waals surface area contributed by atoms with E-state index in [1.54, 1.807) is 6.20 Å². The molecule has 1 saturated heterocycles. The molecule has 5 heteroatoms. The average Bonchev–Trinajstić information content (AvgIpc) is 2.68. The van der Waals surface area contributed by atoms with Crippen molar-refractivity contribution in [1.29, 1.82) is 0 Å². The largest absolute Gasteiger partial charge is 0.484 e. The lowest BCUT2D eigenvalue weighted by atomic mass is 10.2. The molecule has 132 valence electrons. The van der Waals surface area contributed by atoms with E-state index in [1.807, 2.05) is 41.4 Å². The highest BCUT2D eigenvalue weighted by molar-refractivity contribution is 5.77. The number of carbonyl (C=O) groups excluding carboxylic acids is 1. The van der Waals surface area contributed by atoms with Crippen LogP contribution in [0.5, 0.6) is 5.75 Å². The zero-order valence-electron chi connectivity index (χ0n) is 14.7. The summed E-state index contributed by atoms with van der Waals surface area (Å²) in [6, 6.07) is 12.0. The van der Waals surface area contributed by atoms with E-state index in [0.717, 1.165) is 44.9 Å². The van der Waals surface area contributed by atoms with E-state index in [1.165, 1.54) is 11.1 Å². The van der Waals surface area contributed by atoms with E-state index in [4.69, 9.17) is 4.74 Å². The zero-order chi connectivity index (χ0) is 17.5. The van der Waals surface area contributed by atoms with Crippen molar-refractivity contribution in [1.82, 2.24) is 14.8 Å². The molecular formula is C20H25N3O2. The Labute approximate surface area is 149 Å². The van der Waals surface area contributed by atoms with Gasteiger partial charge in [-0.3, -0.25) is 14.7 Å². The normalized spacial score (nSPS) is 15.2. The van der Waals surface area contributed by atoms with Gasteiger partial charge in [-0.05, 0) is 35.7 Å². The lowest BCUT2D eigenvalue weighted by Gasteiger charge is -2.34. The highest BCUT2D eigenvalue weighted by Crippen LogP contribution is 2.13. The van der Waals surface area contributed by atoms with Crippen molar-refractivity contribution in [2.45, 2.75) is 19.9 Å². The number of amides is 1. The molecule has 0 bridgehead atoms. The standard InChI is InChI=1S/C20H25N3O2/c1-2-17-5-7-19(8-6-17)25-16-20(24)23-12-10-22(11-13-23)15-18-4-3-9-21-14-18/h3-9,14H,2,10-13,15-16H2,1H3. The van der Waals surface area contributed by atoms with Gasteiger partial charge in [0.05, 0.1) is 0 Å². The summed E-state index contributed by atoms with van der Waals surface area (Å²) in [5.41, 5.74) is 2.48. The van der Waals surface area contributed by atoms with Crippen LogP contribution >= 0.6 is 0 Å². The Balaban J connectivity index is 1.41. The third-order valence-electron chi connectivity index (χ3n) is 4.55. The molecule has 1 aliphatic heterocycles. The molecule has 0 saturated carbocycles. The van der Waals surface area contributed by atoms with Gasteiger partial charge in [-0.15, -0.1) is 0 Å². The van der Waals surface area contributed by atoms with Crippen molar-refractivity contribution in [3.8, 4) is 5.75 Å². The molecule has 5 nitrogen and oxygen atoms in total. The SMILES string of the molecule is CCc1ccc(OCC(=O)N2CCN(Cc3cccnc3)CC2)cc1. The minimum Gasteiger partial charge on any atom is -0.484 e. The van der Waals surface area contributed by atoms with Crippen molar-refractivity contribution in [2.24, 2.45) is 0 Å². The molecular weight excluding hydrogens is 314 g/mol. The van der Waals surface area contributed by atoms with E-state index in [2.05, 4.69) is 22.9 Å². The molecule has 0 spiro atoms. The second-order valence-electron chi connectivity index (χ2n) is 6.30. The van der Waals surface area contributed by atoms with Crippen LogP contribution in [0, 0.1) is 0 Å². The van der Waals surface area contributed by atoms with E-state index in [-0.39, 0.29) is 12.5 Å². The summed E-state index contributed by atoms with van der Waals surface area (Å²) in [4.78, 5) is 20.7. The second-order valence-corrected chi connectivity index (χ2v) is 6.30. The Morgan fingerprint density at radius 3 is 2.48 bits per heavy atom. The van der Waals surface area contributed by atoms with Crippen molar-refractivity contribution in [2.75, 3.05) is 32.8 Å². The van der Waals surface area contributed by atoms with Crippen LogP contribution in [0.3, 0.4) is 0 Å². The van der Waals surface area contributed by atoms with Crippen LogP contribution in [0.15, 0.2) is 48.8 Å². The number of pyridine rings is 1. The lowest BCUT2D eigenvalue weighted by Crippen LogP contribution is -2.49. The summed E-state index contributed by atoms with van der Waals surface area (Å²) in [7, 11) is 0. The summed E-state index contributed by atoms with van der Waals surface area (Å²) in [5, 5.41) is 0. The lowest BCUT2D eigenvalue weighted by molar-refractivity contribution is -0.135. The summed E-state index contributed by atoms with van der Waals surface area (Å²) < 4.78 is 5.63. The van der Waals surface area contributed by atoms with Crippen molar-refractivity contribution >= 4 is 5.91 Å². The first kappa shape index (κ1) is 17.4. The molecule has 2 heterocycles. The number of carbonyl (C=O) groups is 1. The van der Waals surface area contributed by atoms with Gasteiger partial charge >= 0.3 is 0 Å². The molecule has 3 rings (SSSR count). The van der Waals surface area contributed by atoms with E-state index < -0.39 is 0 Å². The molecule has 1 aromatic carbocycles. The number of aryl methyl sites for hydroxylation is 1. The van der Waals surface area contributed by atoms with Gasteiger partial charge in [-0.25, -0.2) is 0 Å². The summed E-state index contributed by atoms with van der Waals surface area (Å²) in [6.07, 6.45) is 4.69. The monoisotopic (exact) mass is 339 g/mol. The molecule has 2 aromatic rings. The first-order valence-corrected chi connectivity index (χ1v) is 8.85. The van der Waals surface area contributed by atoms with Crippen LogP contribution in [0.25, 0.3) is 0 Å². The van der Waals surface area contributed by atoms with Gasteiger partial charge in [0.1, 0.15) is 5.75 Å².